The zero-order valence-electron chi connectivity index (χ0n) is 19.3. The van der Waals surface area contributed by atoms with E-state index < -0.39 is 36.0 Å². The van der Waals surface area contributed by atoms with Crippen LogP contribution in [0.1, 0.15) is 57.1 Å². The van der Waals surface area contributed by atoms with E-state index in [1.54, 1.807) is 6.92 Å². The van der Waals surface area contributed by atoms with Gasteiger partial charge in [0.2, 0.25) is 5.91 Å². The van der Waals surface area contributed by atoms with Gasteiger partial charge in [0.05, 0.1) is 5.92 Å². The number of carbonyl (C=O) groups is 3. The lowest BCUT2D eigenvalue weighted by Gasteiger charge is -2.23. The van der Waals surface area contributed by atoms with Crippen molar-refractivity contribution in [1.29, 1.82) is 0 Å². The molecule has 0 spiro atoms. The van der Waals surface area contributed by atoms with Crippen LogP contribution in [-0.4, -0.2) is 41.8 Å². The van der Waals surface area contributed by atoms with E-state index in [9.17, 15) is 14.4 Å². The first-order chi connectivity index (χ1) is 15.8. The molecule has 0 bridgehead atoms. The number of rotatable bonds is 10. The van der Waals surface area contributed by atoms with E-state index in [1.165, 1.54) is 6.92 Å². The molecule has 0 saturated carbocycles. The van der Waals surface area contributed by atoms with E-state index in [0.29, 0.717) is 6.42 Å². The molecule has 1 aliphatic carbocycles. The van der Waals surface area contributed by atoms with E-state index in [1.807, 2.05) is 43.3 Å². The molecular formula is C26H32N2O5. The summed E-state index contributed by atoms with van der Waals surface area (Å²) in [6.07, 6.45) is 1.38. The fourth-order valence-corrected chi connectivity index (χ4v) is 4.12. The lowest BCUT2D eigenvalue weighted by atomic mass is 9.98. The van der Waals surface area contributed by atoms with Crippen LogP contribution in [0.5, 0.6) is 0 Å². The van der Waals surface area contributed by atoms with Gasteiger partial charge >= 0.3 is 12.1 Å². The Kier molecular flexibility index (Phi) is 8.09. The molecule has 2 aromatic rings. The highest BCUT2D eigenvalue weighted by atomic mass is 16.5. The predicted molar refractivity (Wildman–Crippen MR) is 126 cm³/mol. The van der Waals surface area contributed by atoms with Gasteiger partial charge in [0, 0.05) is 12.0 Å². The Hall–Kier alpha value is -3.35. The first-order valence-electron chi connectivity index (χ1n) is 11.5. The molecule has 2 aromatic carbocycles. The number of ether oxygens (including phenoxy) is 1. The monoisotopic (exact) mass is 452 g/mol. The number of aliphatic carboxylic acids is 1. The average molecular weight is 453 g/mol. The van der Waals surface area contributed by atoms with E-state index in [0.717, 1.165) is 35.1 Å². The van der Waals surface area contributed by atoms with Crippen LogP contribution < -0.4 is 10.6 Å². The Morgan fingerprint density at radius 3 is 2.09 bits per heavy atom. The molecule has 0 heterocycles. The minimum absolute atomic E-state index is 0.0671. The van der Waals surface area contributed by atoms with Gasteiger partial charge in [0.15, 0.2) is 0 Å². The summed E-state index contributed by atoms with van der Waals surface area (Å²) < 4.78 is 5.57. The minimum Gasteiger partial charge on any atom is -0.481 e. The highest BCUT2D eigenvalue weighted by Gasteiger charge is 2.30. The van der Waals surface area contributed by atoms with Crippen molar-refractivity contribution < 1.29 is 24.2 Å². The Labute approximate surface area is 194 Å². The molecule has 2 amide bonds. The van der Waals surface area contributed by atoms with E-state index in [2.05, 4.69) is 22.8 Å². The first kappa shape index (κ1) is 24.3. The Bertz CT molecular complexity index is 960. The summed E-state index contributed by atoms with van der Waals surface area (Å²) in [7, 11) is 0. The van der Waals surface area contributed by atoms with Gasteiger partial charge in [0.1, 0.15) is 12.6 Å². The van der Waals surface area contributed by atoms with Crippen molar-refractivity contribution in [2.75, 3.05) is 6.61 Å². The smallest absolute Gasteiger partial charge is 0.407 e. The van der Waals surface area contributed by atoms with Gasteiger partial charge in [-0.15, -0.1) is 0 Å². The third-order valence-corrected chi connectivity index (χ3v) is 6.31. The second-order valence-corrected chi connectivity index (χ2v) is 8.59. The summed E-state index contributed by atoms with van der Waals surface area (Å²) in [5, 5.41) is 14.5. The van der Waals surface area contributed by atoms with E-state index in [-0.39, 0.29) is 12.5 Å². The van der Waals surface area contributed by atoms with Gasteiger partial charge in [0.25, 0.3) is 0 Å². The van der Waals surface area contributed by atoms with Crippen LogP contribution in [0, 0.1) is 5.92 Å². The molecule has 0 aliphatic heterocycles. The van der Waals surface area contributed by atoms with Gasteiger partial charge < -0.3 is 20.5 Å². The fraction of sp³-hybridized carbons (Fsp3) is 0.423. The lowest BCUT2D eigenvalue weighted by Crippen LogP contribution is -2.51. The molecule has 7 heteroatoms. The van der Waals surface area contributed by atoms with Crippen LogP contribution >= 0.6 is 0 Å². The third-order valence-electron chi connectivity index (χ3n) is 6.31. The molecule has 0 fully saturated rings. The fourth-order valence-electron chi connectivity index (χ4n) is 4.12. The largest absolute Gasteiger partial charge is 0.481 e. The molecule has 7 nitrogen and oxygen atoms in total. The van der Waals surface area contributed by atoms with Crippen molar-refractivity contribution in [3.8, 4) is 11.1 Å². The molecule has 3 rings (SSSR count). The summed E-state index contributed by atoms with van der Waals surface area (Å²) in [4.78, 5) is 36.5. The lowest BCUT2D eigenvalue weighted by molar-refractivity contribution is -0.142. The summed E-state index contributed by atoms with van der Waals surface area (Å²) >= 11 is 0. The maximum absolute atomic E-state index is 12.7. The Balaban J connectivity index is 1.64. The second-order valence-electron chi connectivity index (χ2n) is 8.59. The number of fused-ring (bicyclic) bond motifs is 3. The van der Waals surface area contributed by atoms with Crippen LogP contribution in [0.25, 0.3) is 11.1 Å². The summed E-state index contributed by atoms with van der Waals surface area (Å²) in [6.45, 7) is 5.33. The predicted octanol–water partition coefficient (Wildman–Crippen LogP) is 4.31. The molecular weight excluding hydrogens is 420 g/mol. The normalized spacial score (nSPS) is 15.0. The second kappa shape index (κ2) is 11.0. The zero-order valence-corrected chi connectivity index (χ0v) is 19.3. The Morgan fingerprint density at radius 2 is 1.55 bits per heavy atom. The number of unbranched alkanes of at least 4 members (excludes halogenated alkanes) is 1. The van der Waals surface area contributed by atoms with Gasteiger partial charge in [-0.05, 0) is 42.5 Å². The molecule has 1 aliphatic rings. The molecule has 3 N–H and O–H groups in total. The van der Waals surface area contributed by atoms with Crippen LogP contribution in [0.4, 0.5) is 4.79 Å². The minimum atomic E-state index is -0.989. The zero-order chi connectivity index (χ0) is 24.0. The molecule has 0 saturated heterocycles. The number of benzene rings is 2. The number of alkyl carbamates (subject to hydrolysis) is 1. The van der Waals surface area contributed by atoms with E-state index in [4.69, 9.17) is 9.84 Å². The van der Waals surface area contributed by atoms with Gasteiger partial charge in [-0.2, -0.15) is 0 Å². The third kappa shape index (κ3) is 5.72. The van der Waals surface area contributed by atoms with Crippen molar-refractivity contribution in [2.45, 2.75) is 58.0 Å². The first-order valence-corrected chi connectivity index (χ1v) is 11.5. The topological polar surface area (TPSA) is 105 Å². The number of hydrogen-bond acceptors (Lipinski definition) is 4. The quantitative estimate of drug-likeness (QED) is 0.498. The van der Waals surface area contributed by atoms with Crippen molar-refractivity contribution in [1.82, 2.24) is 10.6 Å². The number of hydrogen-bond donors (Lipinski definition) is 3. The van der Waals surface area contributed by atoms with E-state index >= 15 is 0 Å². The summed E-state index contributed by atoms with van der Waals surface area (Å²) in [5.41, 5.74) is 4.51. The standard InChI is InChI=1S/C26H32N2O5/c1-4-5-14-23(24(29)27-17(3)16(2)25(30)31)28-26(32)33-15-22-20-12-8-6-10-18(20)19-11-7-9-13-21(19)22/h6-13,16-17,22-23H,4-5,14-15H2,1-3H3,(H,27,29)(H,28,32)(H,30,31)/t16?,17?,23-/m0/s1. The molecule has 3 atom stereocenters. The van der Waals surface area contributed by atoms with Crippen molar-refractivity contribution in [3.63, 3.8) is 0 Å². The number of carboxylic acid groups (broad SMARTS) is 1. The van der Waals surface area contributed by atoms with Crippen molar-refractivity contribution in [2.24, 2.45) is 5.92 Å². The summed E-state index contributed by atoms with van der Waals surface area (Å²) in [5.74, 6) is -2.20. The molecule has 0 radical (unpaired) electrons. The molecule has 0 aromatic heterocycles. The number of carboxylic acids is 1. The van der Waals surface area contributed by atoms with Crippen LogP contribution in [0.2, 0.25) is 0 Å². The van der Waals surface area contributed by atoms with Gasteiger partial charge in [-0.3, -0.25) is 9.59 Å². The Morgan fingerprint density at radius 1 is 0.970 bits per heavy atom. The number of nitrogens with one attached hydrogen (secondary N) is 2. The molecule has 176 valence electrons. The van der Waals surface area contributed by atoms with Crippen LogP contribution in [0.15, 0.2) is 48.5 Å². The van der Waals surface area contributed by atoms with Crippen molar-refractivity contribution >= 4 is 18.0 Å². The number of carbonyl (C=O) groups excluding carboxylic acids is 2. The van der Waals surface area contributed by atoms with Crippen LogP contribution in [0.3, 0.4) is 0 Å². The van der Waals surface area contributed by atoms with Crippen molar-refractivity contribution in [3.05, 3.63) is 59.7 Å². The van der Waals surface area contributed by atoms with Gasteiger partial charge in [-0.1, -0.05) is 68.3 Å². The highest BCUT2D eigenvalue weighted by molar-refractivity contribution is 5.86. The van der Waals surface area contributed by atoms with Gasteiger partial charge in [-0.25, -0.2) is 4.79 Å². The summed E-state index contributed by atoms with van der Waals surface area (Å²) in [6, 6.07) is 14.8. The van der Waals surface area contributed by atoms with Crippen LogP contribution in [-0.2, 0) is 14.3 Å². The molecule has 33 heavy (non-hydrogen) atoms. The SMILES string of the molecule is CCCC[C@H](NC(=O)OCC1c2ccccc2-c2ccccc21)C(=O)NC(C)C(C)C(=O)O. The maximum Gasteiger partial charge on any atom is 0.407 e. The molecule has 2 unspecified atom stereocenters. The average Bonchev–Trinajstić information content (AvgIpc) is 3.13. The number of amides is 2. The highest BCUT2D eigenvalue weighted by Crippen LogP contribution is 2.44. The maximum atomic E-state index is 12.7.